The summed E-state index contributed by atoms with van der Waals surface area (Å²) in [6.45, 7) is 3.59. The second-order valence-corrected chi connectivity index (χ2v) is 8.15. The first-order valence-electron chi connectivity index (χ1n) is 8.79. The summed E-state index contributed by atoms with van der Waals surface area (Å²) in [4.78, 5) is 8.59. The van der Waals surface area contributed by atoms with E-state index in [4.69, 9.17) is 9.72 Å². The summed E-state index contributed by atoms with van der Waals surface area (Å²) in [5.74, 6) is 0. The summed E-state index contributed by atoms with van der Waals surface area (Å²) < 4.78 is 6.02. The van der Waals surface area contributed by atoms with E-state index in [0.717, 1.165) is 36.9 Å². The normalized spacial score (nSPS) is 18.1. The monoisotopic (exact) mass is 382 g/mol. The molecule has 4 rings (SSSR count). The number of rotatable bonds is 5. The Balaban J connectivity index is 1.44. The van der Waals surface area contributed by atoms with E-state index >= 15 is 0 Å². The van der Waals surface area contributed by atoms with Crippen LogP contribution in [0.2, 0.25) is 0 Å². The molecule has 3 aromatic rings. The van der Waals surface area contributed by atoms with Crippen LogP contribution in [0.3, 0.4) is 0 Å². The second-order valence-electron chi connectivity index (χ2n) is 6.38. The Labute approximate surface area is 163 Å². The van der Waals surface area contributed by atoms with Gasteiger partial charge in [-0.05, 0) is 24.0 Å². The zero-order valence-corrected chi connectivity index (χ0v) is 16.4. The Morgan fingerprint density at radius 3 is 2.73 bits per heavy atom. The van der Waals surface area contributed by atoms with E-state index in [0.29, 0.717) is 0 Å². The molecule has 2 aromatic carbocycles. The number of benzene rings is 2. The molecule has 0 aliphatic carbocycles. The Kier molecular flexibility index (Phi) is 5.70. The molecule has 0 amide bonds. The minimum absolute atomic E-state index is 0.0664. The van der Waals surface area contributed by atoms with Crippen LogP contribution in [-0.2, 0) is 11.3 Å². The minimum atomic E-state index is 0.0664. The summed E-state index contributed by atoms with van der Waals surface area (Å²) >= 11 is 3.46. The molecule has 0 radical (unpaired) electrons. The van der Waals surface area contributed by atoms with Crippen molar-refractivity contribution in [3.63, 3.8) is 0 Å². The van der Waals surface area contributed by atoms with E-state index in [1.165, 1.54) is 16.0 Å². The highest BCUT2D eigenvalue weighted by Crippen LogP contribution is 2.30. The first-order valence-corrected chi connectivity index (χ1v) is 10.9. The molecule has 1 aromatic heterocycles. The van der Waals surface area contributed by atoms with Crippen molar-refractivity contribution in [2.45, 2.75) is 17.5 Å². The molecule has 1 unspecified atom stereocenters. The van der Waals surface area contributed by atoms with Gasteiger partial charge in [-0.15, -0.1) is 23.1 Å². The molecule has 1 aliphatic heterocycles. The van der Waals surface area contributed by atoms with Crippen LogP contribution in [0.4, 0.5) is 0 Å². The van der Waals surface area contributed by atoms with Gasteiger partial charge < -0.3 is 4.74 Å². The van der Waals surface area contributed by atoms with Crippen LogP contribution in [0.25, 0.3) is 11.3 Å². The summed E-state index contributed by atoms with van der Waals surface area (Å²) in [5.41, 5.74) is 3.56. The number of thiazole rings is 1. The lowest BCUT2D eigenvalue weighted by atomic mass is 10.2. The zero-order valence-electron chi connectivity index (χ0n) is 14.8. The van der Waals surface area contributed by atoms with E-state index in [9.17, 15) is 0 Å². The largest absolute Gasteiger partial charge is 0.368 e. The van der Waals surface area contributed by atoms with Gasteiger partial charge in [-0.25, -0.2) is 4.98 Å². The summed E-state index contributed by atoms with van der Waals surface area (Å²) in [6.07, 6.45) is 2.16. The molecular formula is C21H22N2OS2. The minimum Gasteiger partial charge on any atom is -0.368 e. The molecule has 1 fully saturated rings. The number of thioether (sulfide) groups is 1. The predicted molar refractivity (Wildman–Crippen MR) is 110 cm³/mol. The van der Waals surface area contributed by atoms with Crippen molar-refractivity contribution >= 4 is 23.1 Å². The molecule has 26 heavy (non-hydrogen) atoms. The van der Waals surface area contributed by atoms with Crippen LogP contribution in [0.15, 0.2) is 64.9 Å². The molecule has 3 nitrogen and oxygen atoms in total. The lowest BCUT2D eigenvalue weighted by molar-refractivity contribution is -0.0329. The van der Waals surface area contributed by atoms with Gasteiger partial charge in [0.1, 0.15) is 11.1 Å². The number of hydrogen-bond acceptors (Lipinski definition) is 5. The van der Waals surface area contributed by atoms with E-state index in [1.54, 1.807) is 23.1 Å². The lowest BCUT2D eigenvalue weighted by Crippen LogP contribution is -2.37. The van der Waals surface area contributed by atoms with E-state index in [2.05, 4.69) is 71.1 Å². The van der Waals surface area contributed by atoms with Crippen molar-refractivity contribution in [1.82, 2.24) is 9.88 Å². The third-order valence-corrected chi connectivity index (χ3v) is 6.26. The van der Waals surface area contributed by atoms with E-state index in [1.807, 2.05) is 0 Å². The topological polar surface area (TPSA) is 25.4 Å². The van der Waals surface area contributed by atoms with Crippen molar-refractivity contribution < 1.29 is 4.74 Å². The molecule has 1 atom stereocenters. The Morgan fingerprint density at radius 1 is 1.15 bits per heavy atom. The Bertz CT molecular complexity index is 833. The average Bonchev–Trinajstić information content (AvgIpc) is 3.19. The fourth-order valence-corrected chi connectivity index (χ4v) is 4.44. The summed E-state index contributed by atoms with van der Waals surface area (Å²) in [7, 11) is 0. The smallest absolute Gasteiger partial charge is 0.124 e. The molecule has 1 saturated heterocycles. The summed E-state index contributed by atoms with van der Waals surface area (Å²) in [5, 5.41) is 3.22. The van der Waals surface area contributed by atoms with Gasteiger partial charge in [0.05, 0.1) is 12.3 Å². The Hall–Kier alpha value is -1.66. The Morgan fingerprint density at radius 2 is 1.96 bits per heavy atom. The van der Waals surface area contributed by atoms with E-state index in [-0.39, 0.29) is 6.10 Å². The van der Waals surface area contributed by atoms with Gasteiger partial charge in [-0.3, -0.25) is 4.90 Å². The van der Waals surface area contributed by atoms with Crippen molar-refractivity contribution in [3.05, 3.63) is 70.5 Å². The lowest BCUT2D eigenvalue weighted by Gasteiger charge is -2.32. The van der Waals surface area contributed by atoms with Crippen LogP contribution in [-0.4, -0.2) is 35.8 Å². The molecule has 2 heterocycles. The molecule has 0 spiro atoms. The van der Waals surface area contributed by atoms with Gasteiger partial charge in [0.25, 0.3) is 0 Å². The zero-order chi connectivity index (χ0) is 17.8. The molecule has 0 N–H and O–H groups in total. The van der Waals surface area contributed by atoms with Crippen molar-refractivity contribution in [3.8, 4) is 11.3 Å². The number of nitrogens with zero attached hydrogens (tertiary/aromatic N) is 2. The average molecular weight is 383 g/mol. The van der Waals surface area contributed by atoms with Crippen molar-refractivity contribution in [2.75, 3.05) is 26.0 Å². The number of ether oxygens (including phenoxy) is 1. The maximum absolute atomic E-state index is 6.02. The highest BCUT2D eigenvalue weighted by Gasteiger charge is 2.24. The standard InChI is InChI=1S/C21H22N2OS2/c1-25-18-9-7-17(8-10-18)19-15-26-21(22-19)20-14-23(11-12-24-20)13-16-5-3-2-4-6-16/h2-10,15,20H,11-14H2,1H3. The third kappa shape index (κ3) is 4.18. The SMILES string of the molecule is CSc1ccc(-c2csc(C3CN(Cc4ccccc4)CCO3)n2)cc1. The van der Waals surface area contributed by atoms with Crippen LogP contribution in [0, 0.1) is 0 Å². The van der Waals surface area contributed by atoms with Crippen molar-refractivity contribution in [1.29, 1.82) is 0 Å². The molecule has 1 aliphatic rings. The first kappa shape index (κ1) is 17.7. The maximum Gasteiger partial charge on any atom is 0.124 e. The van der Waals surface area contributed by atoms with Crippen molar-refractivity contribution in [2.24, 2.45) is 0 Å². The quantitative estimate of drug-likeness (QED) is 0.573. The van der Waals surface area contributed by atoms with Gasteiger partial charge in [0.15, 0.2) is 0 Å². The third-order valence-electron chi connectivity index (χ3n) is 4.58. The maximum atomic E-state index is 6.02. The predicted octanol–water partition coefficient (Wildman–Crippen LogP) is 5.11. The molecule has 134 valence electrons. The van der Waals surface area contributed by atoms with Crippen LogP contribution in [0.1, 0.15) is 16.7 Å². The van der Waals surface area contributed by atoms with Gasteiger partial charge in [0, 0.05) is 35.5 Å². The summed E-state index contributed by atoms with van der Waals surface area (Å²) in [6, 6.07) is 19.2. The van der Waals surface area contributed by atoms with Gasteiger partial charge in [0.2, 0.25) is 0 Å². The molecule has 5 heteroatoms. The fourth-order valence-electron chi connectivity index (χ4n) is 3.17. The van der Waals surface area contributed by atoms with Crippen LogP contribution >= 0.6 is 23.1 Å². The second kappa shape index (κ2) is 8.35. The van der Waals surface area contributed by atoms with Crippen LogP contribution in [0.5, 0.6) is 0 Å². The highest BCUT2D eigenvalue weighted by atomic mass is 32.2. The number of aromatic nitrogens is 1. The molecule has 0 saturated carbocycles. The van der Waals surface area contributed by atoms with Crippen LogP contribution < -0.4 is 0 Å². The van der Waals surface area contributed by atoms with Gasteiger partial charge in [-0.1, -0.05) is 42.5 Å². The molecular weight excluding hydrogens is 360 g/mol. The van der Waals surface area contributed by atoms with E-state index < -0.39 is 0 Å². The fraction of sp³-hybridized carbons (Fsp3) is 0.286. The van der Waals surface area contributed by atoms with Gasteiger partial charge in [-0.2, -0.15) is 0 Å². The molecule has 0 bridgehead atoms. The first-order chi connectivity index (χ1) is 12.8. The highest BCUT2D eigenvalue weighted by molar-refractivity contribution is 7.98. The number of morpholine rings is 1. The van der Waals surface area contributed by atoms with Gasteiger partial charge >= 0.3 is 0 Å². The number of hydrogen-bond donors (Lipinski definition) is 0.